The number of ether oxygens (including phenoxy) is 4. The lowest BCUT2D eigenvalue weighted by Gasteiger charge is -2.31. The van der Waals surface area contributed by atoms with Crippen molar-refractivity contribution < 1.29 is 43.0 Å². The Bertz CT molecular complexity index is 1200. The van der Waals surface area contributed by atoms with Crippen molar-refractivity contribution >= 4 is 35.3 Å². The predicted molar refractivity (Wildman–Crippen MR) is 125 cm³/mol. The molecule has 2 fully saturated rings. The molecular weight excluding hydrogens is 488 g/mol. The van der Waals surface area contributed by atoms with Gasteiger partial charge in [0.15, 0.2) is 0 Å². The first-order valence-corrected chi connectivity index (χ1v) is 11.9. The van der Waals surface area contributed by atoms with Crippen LogP contribution in [0.15, 0.2) is 40.5 Å². The van der Waals surface area contributed by atoms with Crippen LogP contribution < -0.4 is 0 Å². The number of hydrogen-bond acceptors (Lipinski definition) is 11. The summed E-state index contributed by atoms with van der Waals surface area (Å²) in [7, 11) is 0. The van der Waals surface area contributed by atoms with Gasteiger partial charge in [-0.3, -0.25) is 29.5 Å². The molecule has 0 amide bonds. The summed E-state index contributed by atoms with van der Waals surface area (Å²) >= 11 is 0. The fourth-order valence-corrected chi connectivity index (χ4v) is 4.71. The standard InChI is InChI=1S/C25H26N2O10/c1-13-21(24(30)34-11-17-6-8-19(28)36-17)23(15-4-3-5-16(10-15)27(32)33)22(14(2)26-13)25(31)35-12-18-7-9-20(29)37-18/h3-5,10,17-18,21,23H,6-9,11-12H2,1-2H3. The smallest absolute Gasteiger partial charge is 0.336 e. The Kier molecular flexibility index (Phi) is 7.65. The summed E-state index contributed by atoms with van der Waals surface area (Å²) in [4.78, 5) is 64.6. The minimum atomic E-state index is -1.09. The van der Waals surface area contributed by atoms with E-state index in [1.807, 2.05) is 0 Å². The molecule has 3 aliphatic rings. The lowest BCUT2D eigenvalue weighted by Crippen LogP contribution is -2.37. The number of esters is 4. The first-order valence-electron chi connectivity index (χ1n) is 11.9. The third kappa shape index (κ3) is 5.84. The number of rotatable bonds is 8. The van der Waals surface area contributed by atoms with Crippen molar-refractivity contribution in [3.8, 4) is 0 Å². The number of carbonyl (C=O) groups is 4. The minimum Gasteiger partial charge on any atom is -0.461 e. The topological polar surface area (TPSA) is 161 Å². The lowest BCUT2D eigenvalue weighted by atomic mass is 9.75. The summed E-state index contributed by atoms with van der Waals surface area (Å²) in [5.74, 6) is -4.33. The highest BCUT2D eigenvalue weighted by molar-refractivity contribution is 6.07. The number of cyclic esters (lactones) is 2. The van der Waals surface area contributed by atoms with Crippen LogP contribution in [0.4, 0.5) is 5.69 Å². The molecule has 0 N–H and O–H groups in total. The Balaban J connectivity index is 1.64. The number of allylic oxidation sites excluding steroid dienone is 1. The Hall–Kier alpha value is -4.09. The highest BCUT2D eigenvalue weighted by Gasteiger charge is 2.43. The summed E-state index contributed by atoms with van der Waals surface area (Å²) in [6.07, 6.45) is 0.156. The molecular formula is C25H26N2O10. The maximum absolute atomic E-state index is 13.3. The van der Waals surface area contributed by atoms with Crippen LogP contribution in [0, 0.1) is 16.0 Å². The number of non-ortho nitro benzene ring substituents is 1. The Labute approximate surface area is 211 Å². The largest absolute Gasteiger partial charge is 0.461 e. The van der Waals surface area contributed by atoms with Gasteiger partial charge in [-0.1, -0.05) is 12.1 Å². The molecule has 1 aromatic carbocycles. The number of nitro benzene ring substituents is 1. The Morgan fingerprint density at radius 1 is 1.05 bits per heavy atom. The molecule has 1 aromatic rings. The molecule has 0 radical (unpaired) electrons. The van der Waals surface area contributed by atoms with Gasteiger partial charge in [0.1, 0.15) is 31.3 Å². The van der Waals surface area contributed by atoms with Crippen molar-refractivity contribution in [2.24, 2.45) is 10.9 Å². The van der Waals surface area contributed by atoms with Crippen molar-refractivity contribution in [2.75, 3.05) is 13.2 Å². The van der Waals surface area contributed by atoms with Gasteiger partial charge in [0.25, 0.3) is 5.69 Å². The maximum atomic E-state index is 13.3. The van der Waals surface area contributed by atoms with E-state index in [-0.39, 0.29) is 55.0 Å². The Morgan fingerprint density at radius 3 is 2.24 bits per heavy atom. The van der Waals surface area contributed by atoms with E-state index < -0.39 is 40.9 Å². The van der Waals surface area contributed by atoms with Crippen molar-refractivity contribution in [1.29, 1.82) is 0 Å². The summed E-state index contributed by atoms with van der Waals surface area (Å²) in [5, 5.41) is 11.5. The number of benzene rings is 1. The zero-order valence-corrected chi connectivity index (χ0v) is 20.3. The monoisotopic (exact) mass is 514 g/mol. The first kappa shape index (κ1) is 26.0. The maximum Gasteiger partial charge on any atom is 0.336 e. The molecule has 196 valence electrons. The summed E-state index contributed by atoms with van der Waals surface area (Å²) in [6.45, 7) is 2.86. The van der Waals surface area contributed by atoms with E-state index in [0.717, 1.165) is 0 Å². The molecule has 0 saturated carbocycles. The molecule has 4 atom stereocenters. The first-order chi connectivity index (χ1) is 17.6. The second-order valence-electron chi connectivity index (χ2n) is 9.09. The van der Waals surface area contributed by atoms with Gasteiger partial charge in [-0.05, 0) is 32.3 Å². The molecule has 4 rings (SSSR count). The molecule has 0 bridgehead atoms. The highest BCUT2D eigenvalue weighted by Crippen LogP contribution is 2.41. The predicted octanol–water partition coefficient (Wildman–Crippen LogP) is 2.54. The SMILES string of the molecule is CC1=NC(C)=C(C(=O)OCC2CCC(=O)O2)C(c2cccc([N+](=O)[O-])c2)C1C(=O)OCC1CCC(=O)O1. The molecule has 12 heteroatoms. The quantitative estimate of drug-likeness (QED) is 0.218. The summed E-state index contributed by atoms with van der Waals surface area (Å²) in [5.41, 5.74) is 0.798. The molecule has 0 aliphatic carbocycles. The molecule has 3 aliphatic heterocycles. The van der Waals surface area contributed by atoms with Crippen molar-refractivity contribution in [1.82, 2.24) is 0 Å². The van der Waals surface area contributed by atoms with E-state index in [4.69, 9.17) is 18.9 Å². The molecule has 0 aromatic heterocycles. The average molecular weight is 514 g/mol. The van der Waals surface area contributed by atoms with Crippen LogP contribution in [0.2, 0.25) is 0 Å². The van der Waals surface area contributed by atoms with Crippen LogP contribution in [0.3, 0.4) is 0 Å². The molecule has 37 heavy (non-hydrogen) atoms. The van der Waals surface area contributed by atoms with Gasteiger partial charge in [0.05, 0.1) is 10.5 Å². The lowest BCUT2D eigenvalue weighted by molar-refractivity contribution is -0.384. The van der Waals surface area contributed by atoms with Crippen LogP contribution in [0.5, 0.6) is 0 Å². The van der Waals surface area contributed by atoms with E-state index in [1.54, 1.807) is 19.9 Å². The summed E-state index contributed by atoms with van der Waals surface area (Å²) < 4.78 is 21.1. The fraction of sp³-hybridized carbons (Fsp3) is 0.480. The number of nitro groups is 1. The number of hydrogen-bond donors (Lipinski definition) is 0. The molecule has 0 spiro atoms. The van der Waals surface area contributed by atoms with Gasteiger partial charge in [0, 0.05) is 42.3 Å². The van der Waals surface area contributed by atoms with E-state index in [2.05, 4.69) is 4.99 Å². The normalized spacial score (nSPS) is 25.3. The van der Waals surface area contributed by atoms with E-state index in [0.29, 0.717) is 24.1 Å². The van der Waals surface area contributed by atoms with Gasteiger partial charge in [-0.25, -0.2) is 4.79 Å². The highest BCUT2D eigenvalue weighted by atomic mass is 16.6. The van der Waals surface area contributed by atoms with Gasteiger partial charge < -0.3 is 18.9 Å². The van der Waals surface area contributed by atoms with Crippen LogP contribution >= 0.6 is 0 Å². The van der Waals surface area contributed by atoms with E-state index >= 15 is 0 Å². The van der Waals surface area contributed by atoms with Gasteiger partial charge in [0.2, 0.25) is 0 Å². The van der Waals surface area contributed by atoms with Gasteiger partial charge in [-0.2, -0.15) is 0 Å². The minimum absolute atomic E-state index is 0.0460. The van der Waals surface area contributed by atoms with Crippen molar-refractivity contribution in [3.05, 3.63) is 51.2 Å². The molecule has 12 nitrogen and oxygen atoms in total. The van der Waals surface area contributed by atoms with Gasteiger partial charge in [-0.15, -0.1) is 0 Å². The van der Waals surface area contributed by atoms with Gasteiger partial charge >= 0.3 is 23.9 Å². The Morgan fingerprint density at radius 2 is 1.68 bits per heavy atom. The number of aliphatic imine (C=N–C) groups is 1. The van der Waals surface area contributed by atoms with Crippen LogP contribution in [-0.4, -0.2) is 59.9 Å². The third-order valence-corrected chi connectivity index (χ3v) is 6.49. The second kappa shape index (κ2) is 10.9. The number of carbonyl (C=O) groups excluding carboxylic acids is 4. The van der Waals surface area contributed by atoms with E-state index in [9.17, 15) is 29.3 Å². The third-order valence-electron chi connectivity index (χ3n) is 6.49. The molecule has 4 unspecified atom stereocenters. The van der Waals surface area contributed by atoms with Crippen molar-refractivity contribution in [2.45, 2.75) is 57.7 Å². The second-order valence-corrected chi connectivity index (χ2v) is 9.09. The van der Waals surface area contributed by atoms with Crippen LogP contribution in [-0.2, 0) is 38.1 Å². The van der Waals surface area contributed by atoms with Crippen LogP contribution in [0.1, 0.15) is 51.0 Å². The zero-order valence-electron chi connectivity index (χ0n) is 20.3. The fourth-order valence-electron chi connectivity index (χ4n) is 4.71. The zero-order chi connectivity index (χ0) is 26.7. The van der Waals surface area contributed by atoms with Crippen molar-refractivity contribution in [3.63, 3.8) is 0 Å². The average Bonchev–Trinajstić information content (AvgIpc) is 3.47. The molecule has 2 saturated heterocycles. The van der Waals surface area contributed by atoms with E-state index in [1.165, 1.54) is 18.2 Å². The number of nitrogens with zero attached hydrogens (tertiary/aromatic N) is 2. The molecule has 3 heterocycles. The van der Waals surface area contributed by atoms with Crippen LogP contribution in [0.25, 0.3) is 0 Å². The summed E-state index contributed by atoms with van der Waals surface area (Å²) in [6, 6.07) is 5.64.